The third kappa shape index (κ3) is 3.35. The van der Waals surface area contributed by atoms with Gasteiger partial charge in [0.2, 0.25) is 0 Å². The Bertz CT molecular complexity index is 981. The first-order valence-corrected chi connectivity index (χ1v) is 10.0. The summed E-state index contributed by atoms with van der Waals surface area (Å²) in [5.41, 5.74) is 1.06. The Kier molecular flexibility index (Phi) is 4.48. The van der Waals surface area contributed by atoms with Gasteiger partial charge >= 0.3 is 0 Å². The van der Waals surface area contributed by atoms with Crippen LogP contribution in [0.5, 0.6) is 16.8 Å². The number of aromatic nitrogens is 3. The number of hydrogen-bond donors (Lipinski definition) is 0. The predicted octanol–water partition coefficient (Wildman–Crippen LogP) is 3.04. The van der Waals surface area contributed by atoms with Gasteiger partial charge in [0.05, 0.1) is 10.4 Å². The molecule has 2 atom stereocenters. The SMILES string of the molecule is C[C@H]1C[C@@H](Oc2nc3ncccc3s2)CN1Cc1nc2c(cc1F)OCCO2. The van der Waals surface area contributed by atoms with Crippen molar-refractivity contribution in [2.24, 2.45) is 0 Å². The molecular formula is C19H19FN4O3S. The molecule has 146 valence electrons. The van der Waals surface area contributed by atoms with Gasteiger partial charge in [-0.3, -0.25) is 4.90 Å². The van der Waals surface area contributed by atoms with Crippen LogP contribution in [0.25, 0.3) is 10.3 Å². The number of rotatable bonds is 4. The summed E-state index contributed by atoms with van der Waals surface area (Å²) in [7, 11) is 0. The van der Waals surface area contributed by atoms with E-state index in [2.05, 4.69) is 26.8 Å². The predicted molar refractivity (Wildman–Crippen MR) is 102 cm³/mol. The monoisotopic (exact) mass is 402 g/mol. The van der Waals surface area contributed by atoms with E-state index in [1.165, 1.54) is 17.4 Å². The molecule has 5 heterocycles. The fourth-order valence-electron chi connectivity index (χ4n) is 3.58. The molecule has 5 rings (SSSR count). The zero-order valence-electron chi connectivity index (χ0n) is 15.3. The summed E-state index contributed by atoms with van der Waals surface area (Å²) in [5.74, 6) is 0.356. The standard InChI is InChI=1S/C19H19FN4O3S/c1-11-7-12(27-19-23-17-16(28-19)3-2-4-21-17)9-24(11)10-14-13(20)8-15-18(22-14)26-6-5-25-15/h2-4,8,11-12H,5-7,9-10H2,1H3/t11-,12+/m0/s1. The summed E-state index contributed by atoms with van der Waals surface area (Å²) >= 11 is 1.49. The van der Waals surface area contributed by atoms with E-state index in [0.29, 0.717) is 54.5 Å². The van der Waals surface area contributed by atoms with E-state index in [0.717, 1.165) is 11.1 Å². The first-order chi connectivity index (χ1) is 13.7. The minimum absolute atomic E-state index is 0.00386. The topological polar surface area (TPSA) is 69.6 Å². The number of pyridine rings is 2. The molecule has 9 heteroatoms. The van der Waals surface area contributed by atoms with Gasteiger partial charge in [-0.25, -0.2) is 14.4 Å². The normalized spacial score (nSPS) is 21.9. The molecule has 1 fully saturated rings. The minimum atomic E-state index is -0.377. The number of fused-ring (bicyclic) bond motifs is 2. The molecule has 0 radical (unpaired) electrons. The number of likely N-dealkylation sites (tertiary alicyclic amines) is 1. The van der Waals surface area contributed by atoms with Gasteiger partial charge in [-0.1, -0.05) is 11.3 Å². The van der Waals surface area contributed by atoms with Gasteiger partial charge in [0.15, 0.2) is 11.4 Å². The summed E-state index contributed by atoms with van der Waals surface area (Å²) in [5, 5.41) is 0.622. The zero-order valence-corrected chi connectivity index (χ0v) is 16.1. The molecule has 2 aliphatic rings. The molecular weight excluding hydrogens is 383 g/mol. The van der Waals surface area contributed by atoms with Crippen molar-refractivity contribution in [3.8, 4) is 16.8 Å². The van der Waals surface area contributed by atoms with E-state index in [9.17, 15) is 4.39 Å². The van der Waals surface area contributed by atoms with E-state index < -0.39 is 0 Å². The number of nitrogens with zero attached hydrogens (tertiary/aromatic N) is 4. The van der Waals surface area contributed by atoms with Crippen LogP contribution in [0.4, 0.5) is 4.39 Å². The molecule has 0 unspecified atom stereocenters. The molecule has 0 aliphatic carbocycles. The van der Waals surface area contributed by atoms with Crippen molar-refractivity contribution in [3.05, 3.63) is 35.9 Å². The smallest absolute Gasteiger partial charge is 0.276 e. The van der Waals surface area contributed by atoms with Crippen LogP contribution in [0.3, 0.4) is 0 Å². The average Bonchev–Trinajstić information content (AvgIpc) is 3.25. The third-order valence-electron chi connectivity index (χ3n) is 4.99. The summed E-state index contributed by atoms with van der Waals surface area (Å²) in [6.07, 6.45) is 2.56. The van der Waals surface area contributed by atoms with Crippen molar-refractivity contribution in [1.82, 2.24) is 19.9 Å². The van der Waals surface area contributed by atoms with Gasteiger partial charge in [0, 0.05) is 37.8 Å². The van der Waals surface area contributed by atoms with Crippen molar-refractivity contribution in [1.29, 1.82) is 0 Å². The maximum absolute atomic E-state index is 14.4. The van der Waals surface area contributed by atoms with E-state index in [1.807, 2.05) is 12.1 Å². The highest BCUT2D eigenvalue weighted by Crippen LogP contribution is 2.32. The van der Waals surface area contributed by atoms with Crippen molar-refractivity contribution in [3.63, 3.8) is 0 Å². The molecule has 0 saturated carbocycles. The van der Waals surface area contributed by atoms with Gasteiger partial charge in [-0.2, -0.15) is 4.98 Å². The zero-order chi connectivity index (χ0) is 19.1. The minimum Gasteiger partial charge on any atom is -0.484 e. The maximum atomic E-state index is 14.4. The van der Waals surface area contributed by atoms with Crippen LogP contribution in [0.2, 0.25) is 0 Å². The van der Waals surface area contributed by atoms with Crippen LogP contribution >= 0.6 is 11.3 Å². The Labute approximate surface area is 165 Å². The quantitative estimate of drug-likeness (QED) is 0.664. The van der Waals surface area contributed by atoms with Crippen LogP contribution in [0.1, 0.15) is 19.0 Å². The van der Waals surface area contributed by atoms with Crippen LogP contribution in [-0.2, 0) is 6.54 Å². The number of hydrogen-bond acceptors (Lipinski definition) is 8. The molecule has 7 nitrogen and oxygen atoms in total. The van der Waals surface area contributed by atoms with E-state index in [-0.39, 0.29) is 18.0 Å². The highest BCUT2D eigenvalue weighted by molar-refractivity contribution is 7.20. The summed E-state index contributed by atoms with van der Waals surface area (Å²) in [6.45, 7) is 4.03. The Morgan fingerprint density at radius 2 is 2.21 bits per heavy atom. The van der Waals surface area contributed by atoms with Gasteiger partial charge in [0.25, 0.3) is 11.1 Å². The van der Waals surface area contributed by atoms with Crippen LogP contribution in [0, 0.1) is 5.82 Å². The molecule has 0 aromatic carbocycles. The lowest BCUT2D eigenvalue weighted by Crippen LogP contribution is -2.29. The van der Waals surface area contributed by atoms with Crippen LogP contribution < -0.4 is 14.2 Å². The second-order valence-electron chi connectivity index (χ2n) is 6.98. The molecule has 0 spiro atoms. The first-order valence-electron chi connectivity index (χ1n) is 9.23. The van der Waals surface area contributed by atoms with Gasteiger partial charge in [-0.05, 0) is 19.1 Å². The average molecular weight is 402 g/mol. The van der Waals surface area contributed by atoms with Crippen molar-refractivity contribution >= 4 is 21.7 Å². The van der Waals surface area contributed by atoms with Crippen molar-refractivity contribution in [2.45, 2.75) is 32.0 Å². The molecule has 0 bridgehead atoms. The third-order valence-corrected chi connectivity index (χ3v) is 5.89. The lowest BCUT2D eigenvalue weighted by molar-refractivity contribution is 0.160. The van der Waals surface area contributed by atoms with Crippen molar-refractivity contribution < 1.29 is 18.6 Å². The van der Waals surface area contributed by atoms with Gasteiger partial charge in [-0.15, -0.1) is 0 Å². The number of halogens is 1. The second-order valence-corrected chi connectivity index (χ2v) is 7.97. The van der Waals surface area contributed by atoms with Crippen LogP contribution in [-0.4, -0.2) is 51.8 Å². The fraction of sp³-hybridized carbons (Fsp3) is 0.421. The maximum Gasteiger partial charge on any atom is 0.276 e. The van der Waals surface area contributed by atoms with E-state index in [1.54, 1.807) is 6.20 Å². The molecule has 0 amide bonds. The van der Waals surface area contributed by atoms with Crippen molar-refractivity contribution in [2.75, 3.05) is 19.8 Å². The summed E-state index contributed by atoms with van der Waals surface area (Å²) in [6, 6.07) is 5.47. The molecule has 3 aromatic heterocycles. The number of thiazole rings is 1. The Morgan fingerprint density at radius 1 is 1.32 bits per heavy atom. The highest BCUT2D eigenvalue weighted by atomic mass is 32.1. The van der Waals surface area contributed by atoms with E-state index >= 15 is 0 Å². The van der Waals surface area contributed by atoms with E-state index in [4.69, 9.17) is 14.2 Å². The Balaban J connectivity index is 1.28. The Hall–Kier alpha value is -2.52. The molecule has 2 aliphatic heterocycles. The fourth-order valence-corrected chi connectivity index (χ4v) is 4.43. The van der Waals surface area contributed by atoms with Gasteiger partial charge < -0.3 is 14.2 Å². The Morgan fingerprint density at radius 3 is 3.11 bits per heavy atom. The molecule has 28 heavy (non-hydrogen) atoms. The molecule has 0 N–H and O–H groups in total. The molecule has 3 aromatic rings. The first kappa shape index (κ1) is 17.6. The van der Waals surface area contributed by atoms with Gasteiger partial charge in [0.1, 0.15) is 25.1 Å². The highest BCUT2D eigenvalue weighted by Gasteiger charge is 2.32. The number of ether oxygens (including phenoxy) is 3. The second kappa shape index (κ2) is 7.14. The lowest BCUT2D eigenvalue weighted by atomic mass is 10.2. The van der Waals surface area contributed by atoms with Crippen LogP contribution in [0.15, 0.2) is 24.4 Å². The largest absolute Gasteiger partial charge is 0.484 e. The lowest BCUT2D eigenvalue weighted by Gasteiger charge is -2.22. The molecule has 1 saturated heterocycles. The summed E-state index contributed by atoms with van der Waals surface area (Å²) < 4.78 is 32.4. The summed E-state index contributed by atoms with van der Waals surface area (Å²) in [4.78, 5) is 15.2.